The third kappa shape index (κ3) is 3.75. The minimum atomic E-state index is 0.0629. The Morgan fingerprint density at radius 3 is 2.89 bits per heavy atom. The molecule has 18 heavy (non-hydrogen) atoms. The van der Waals surface area contributed by atoms with Crippen LogP contribution in [0.4, 0.5) is 5.82 Å². The van der Waals surface area contributed by atoms with Crippen molar-refractivity contribution in [3.8, 4) is 0 Å². The second-order valence-corrected chi connectivity index (χ2v) is 4.81. The van der Waals surface area contributed by atoms with Crippen molar-refractivity contribution in [3.63, 3.8) is 0 Å². The van der Waals surface area contributed by atoms with E-state index < -0.39 is 0 Å². The largest absolute Gasteiger partial charge is 0.360 e. The average Bonchev–Trinajstić information content (AvgIpc) is 2.85. The van der Waals surface area contributed by atoms with Crippen molar-refractivity contribution in [1.29, 1.82) is 0 Å². The molecule has 5 heteroatoms. The molecule has 1 aliphatic rings. The number of aromatic nitrogens is 2. The number of nitrogens with one attached hydrogen (secondary N) is 2. The van der Waals surface area contributed by atoms with Gasteiger partial charge in [-0.25, -0.2) is 0 Å². The Morgan fingerprint density at radius 1 is 1.44 bits per heavy atom. The molecule has 1 aromatic heterocycles. The van der Waals surface area contributed by atoms with Gasteiger partial charge in [-0.2, -0.15) is 5.10 Å². The number of anilines is 1. The molecule has 1 fully saturated rings. The quantitative estimate of drug-likeness (QED) is 0.837. The van der Waals surface area contributed by atoms with E-state index in [4.69, 9.17) is 0 Å². The highest BCUT2D eigenvalue weighted by atomic mass is 16.2. The van der Waals surface area contributed by atoms with Crippen molar-refractivity contribution < 1.29 is 4.79 Å². The molecule has 1 heterocycles. The third-order valence-electron chi connectivity index (χ3n) is 3.37. The highest BCUT2D eigenvalue weighted by Gasteiger charge is 2.15. The number of amides is 1. The van der Waals surface area contributed by atoms with Gasteiger partial charge in [-0.3, -0.25) is 9.48 Å². The molecular formula is C13H22N4O. The Labute approximate surface area is 108 Å². The molecule has 1 aliphatic carbocycles. The normalized spacial score (nSPS) is 16.5. The van der Waals surface area contributed by atoms with Gasteiger partial charge in [0.15, 0.2) is 0 Å². The van der Waals surface area contributed by atoms with Crippen LogP contribution in [-0.4, -0.2) is 28.3 Å². The Hall–Kier alpha value is -1.52. The van der Waals surface area contributed by atoms with Crippen LogP contribution in [0.2, 0.25) is 0 Å². The molecule has 1 saturated carbocycles. The monoisotopic (exact) mass is 250 g/mol. The number of hydrogen-bond donors (Lipinski definition) is 2. The Balaban J connectivity index is 1.70. The summed E-state index contributed by atoms with van der Waals surface area (Å²) in [5.41, 5.74) is 0. The van der Waals surface area contributed by atoms with Gasteiger partial charge in [0.1, 0.15) is 5.82 Å². The van der Waals surface area contributed by atoms with Crippen LogP contribution < -0.4 is 10.6 Å². The standard InChI is InChI=1S/C13H22N4O/c1-2-17-9-8-12(16-17)14-10-13(18)15-11-6-4-3-5-7-11/h8-9,11H,2-7,10H2,1H3,(H,14,16)(H,15,18). The number of hydrogen-bond acceptors (Lipinski definition) is 3. The molecule has 2 rings (SSSR count). The van der Waals surface area contributed by atoms with E-state index in [1.54, 1.807) is 0 Å². The van der Waals surface area contributed by atoms with Crippen molar-refractivity contribution in [2.24, 2.45) is 0 Å². The van der Waals surface area contributed by atoms with Gasteiger partial charge >= 0.3 is 0 Å². The Morgan fingerprint density at radius 2 is 2.22 bits per heavy atom. The lowest BCUT2D eigenvalue weighted by Crippen LogP contribution is -2.39. The predicted molar refractivity (Wildman–Crippen MR) is 71.4 cm³/mol. The summed E-state index contributed by atoms with van der Waals surface area (Å²) in [5, 5.41) is 10.4. The lowest BCUT2D eigenvalue weighted by atomic mass is 9.95. The number of carbonyl (C=O) groups excluding carboxylic acids is 1. The van der Waals surface area contributed by atoms with Crippen molar-refractivity contribution in [3.05, 3.63) is 12.3 Å². The zero-order chi connectivity index (χ0) is 12.8. The molecule has 1 aromatic rings. The predicted octanol–water partition coefficient (Wildman–Crippen LogP) is 1.76. The first-order chi connectivity index (χ1) is 8.78. The summed E-state index contributed by atoms with van der Waals surface area (Å²) in [4.78, 5) is 11.8. The van der Waals surface area contributed by atoms with E-state index in [2.05, 4.69) is 15.7 Å². The lowest BCUT2D eigenvalue weighted by Gasteiger charge is -2.22. The van der Waals surface area contributed by atoms with Crippen molar-refractivity contribution in [1.82, 2.24) is 15.1 Å². The van der Waals surface area contributed by atoms with E-state index >= 15 is 0 Å². The summed E-state index contributed by atoms with van der Waals surface area (Å²) in [6.07, 6.45) is 7.92. The summed E-state index contributed by atoms with van der Waals surface area (Å²) in [5.74, 6) is 0.823. The zero-order valence-electron chi connectivity index (χ0n) is 11.0. The summed E-state index contributed by atoms with van der Waals surface area (Å²) in [6.45, 7) is 3.18. The highest BCUT2D eigenvalue weighted by Crippen LogP contribution is 2.17. The van der Waals surface area contributed by atoms with E-state index in [1.165, 1.54) is 19.3 Å². The van der Waals surface area contributed by atoms with Crippen LogP contribution >= 0.6 is 0 Å². The fourth-order valence-electron chi connectivity index (χ4n) is 2.33. The van der Waals surface area contributed by atoms with Crippen LogP contribution in [0, 0.1) is 0 Å². The Bertz CT molecular complexity index is 382. The van der Waals surface area contributed by atoms with E-state index in [-0.39, 0.29) is 5.91 Å². The van der Waals surface area contributed by atoms with Gasteiger partial charge in [-0.15, -0.1) is 0 Å². The molecule has 5 nitrogen and oxygen atoms in total. The summed E-state index contributed by atoms with van der Waals surface area (Å²) in [7, 11) is 0. The van der Waals surface area contributed by atoms with Crippen LogP contribution in [0.1, 0.15) is 39.0 Å². The molecular weight excluding hydrogens is 228 g/mol. The van der Waals surface area contributed by atoms with E-state index in [9.17, 15) is 4.79 Å². The van der Waals surface area contributed by atoms with Crippen molar-refractivity contribution >= 4 is 11.7 Å². The molecule has 0 saturated heterocycles. The average molecular weight is 250 g/mol. The number of rotatable bonds is 5. The molecule has 0 aliphatic heterocycles. The maximum atomic E-state index is 11.8. The highest BCUT2D eigenvalue weighted by molar-refractivity contribution is 5.80. The maximum Gasteiger partial charge on any atom is 0.239 e. The number of carbonyl (C=O) groups is 1. The van der Waals surface area contributed by atoms with Crippen LogP contribution in [-0.2, 0) is 11.3 Å². The second kappa shape index (κ2) is 6.42. The van der Waals surface area contributed by atoms with Crippen molar-refractivity contribution in [2.75, 3.05) is 11.9 Å². The molecule has 0 radical (unpaired) electrons. The molecule has 1 amide bonds. The SMILES string of the molecule is CCn1ccc(NCC(=O)NC2CCCCC2)n1. The molecule has 0 spiro atoms. The van der Waals surface area contributed by atoms with Gasteiger partial charge in [-0.1, -0.05) is 19.3 Å². The van der Waals surface area contributed by atoms with Crippen molar-refractivity contribution in [2.45, 2.75) is 51.6 Å². The maximum absolute atomic E-state index is 11.8. The third-order valence-corrected chi connectivity index (χ3v) is 3.37. The topological polar surface area (TPSA) is 59.0 Å². The second-order valence-electron chi connectivity index (χ2n) is 4.81. The first kappa shape index (κ1) is 12.9. The minimum absolute atomic E-state index is 0.0629. The van der Waals surface area contributed by atoms with Crippen LogP contribution in [0.15, 0.2) is 12.3 Å². The van der Waals surface area contributed by atoms with Crippen LogP contribution in [0.5, 0.6) is 0 Å². The smallest absolute Gasteiger partial charge is 0.239 e. The molecule has 100 valence electrons. The first-order valence-electron chi connectivity index (χ1n) is 6.84. The Kier molecular flexibility index (Phi) is 4.61. The van der Waals surface area contributed by atoms with Gasteiger partial charge < -0.3 is 10.6 Å². The molecule has 0 atom stereocenters. The first-order valence-corrected chi connectivity index (χ1v) is 6.84. The number of nitrogens with zero attached hydrogens (tertiary/aromatic N) is 2. The fraction of sp³-hybridized carbons (Fsp3) is 0.692. The van der Waals surface area contributed by atoms with Gasteiger partial charge in [0.2, 0.25) is 5.91 Å². The van der Waals surface area contributed by atoms with Gasteiger partial charge in [0.25, 0.3) is 0 Å². The summed E-state index contributed by atoms with van der Waals surface area (Å²) < 4.78 is 1.83. The molecule has 0 aromatic carbocycles. The molecule has 0 unspecified atom stereocenters. The van der Waals surface area contributed by atoms with Crippen LogP contribution in [0.3, 0.4) is 0 Å². The summed E-state index contributed by atoms with van der Waals surface area (Å²) >= 11 is 0. The van der Waals surface area contributed by atoms with E-state index in [0.717, 1.165) is 25.2 Å². The van der Waals surface area contributed by atoms with Gasteiger partial charge in [-0.05, 0) is 19.8 Å². The number of aryl methyl sites for hydroxylation is 1. The summed E-state index contributed by atoms with van der Waals surface area (Å²) in [6, 6.07) is 2.26. The fourth-order valence-corrected chi connectivity index (χ4v) is 2.33. The van der Waals surface area contributed by atoms with Crippen LogP contribution in [0.25, 0.3) is 0 Å². The van der Waals surface area contributed by atoms with Gasteiger partial charge in [0, 0.05) is 24.8 Å². The molecule has 0 bridgehead atoms. The van der Waals surface area contributed by atoms with E-state index in [1.807, 2.05) is 23.9 Å². The minimum Gasteiger partial charge on any atom is -0.360 e. The zero-order valence-corrected chi connectivity index (χ0v) is 11.0. The van der Waals surface area contributed by atoms with E-state index in [0.29, 0.717) is 12.6 Å². The molecule has 2 N–H and O–H groups in total. The lowest BCUT2D eigenvalue weighted by molar-refractivity contribution is -0.120. The van der Waals surface area contributed by atoms with Gasteiger partial charge in [0.05, 0.1) is 6.54 Å².